The van der Waals surface area contributed by atoms with Gasteiger partial charge in [0.2, 0.25) is 0 Å². The quantitative estimate of drug-likeness (QED) is 0.461. The highest BCUT2D eigenvalue weighted by Gasteiger charge is 2.12. The maximum absolute atomic E-state index is 6.31. The van der Waals surface area contributed by atoms with Crippen LogP contribution >= 0.6 is 11.6 Å². The topological polar surface area (TPSA) is 88.8 Å². The predicted molar refractivity (Wildman–Crippen MR) is 111 cm³/mol. The number of benzene rings is 2. The molecule has 7 heteroatoms. The summed E-state index contributed by atoms with van der Waals surface area (Å²) >= 11 is 6.19. The van der Waals surface area contributed by atoms with Crippen LogP contribution in [-0.4, -0.2) is 15.0 Å². The fourth-order valence-corrected chi connectivity index (χ4v) is 2.97. The molecule has 4 aromatic rings. The van der Waals surface area contributed by atoms with E-state index >= 15 is 0 Å². The van der Waals surface area contributed by atoms with Gasteiger partial charge in [-0.2, -0.15) is 0 Å². The van der Waals surface area contributed by atoms with E-state index in [2.05, 4.69) is 25.6 Å². The summed E-state index contributed by atoms with van der Waals surface area (Å²) in [7, 11) is 0. The van der Waals surface area contributed by atoms with Crippen LogP contribution in [0.2, 0.25) is 5.02 Å². The van der Waals surface area contributed by atoms with Crippen LogP contribution in [0.3, 0.4) is 0 Å². The molecule has 27 heavy (non-hydrogen) atoms. The number of para-hydroxylation sites is 1. The van der Waals surface area contributed by atoms with Crippen LogP contribution in [0.4, 0.5) is 28.7 Å². The lowest BCUT2D eigenvalue weighted by Gasteiger charge is -2.15. The molecule has 0 spiro atoms. The van der Waals surface area contributed by atoms with Crippen LogP contribution in [0.1, 0.15) is 5.56 Å². The lowest BCUT2D eigenvalue weighted by Crippen LogP contribution is -2.06. The maximum atomic E-state index is 6.31. The van der Waals surface area contributed by atoms with Crippen LogP contribution in [0.15, 0.2) is 61.1 Å². The first-order valence-corrected chi connectivity index (χ1v) is 8.74. The number of fused-ring (bicyclic) bond motifs is 1. The van der Waals surface area contributed by atoms with Crippen molar-refractivity contribution in [3.05, 3.63) is 71.6 Å². The van der Waals surface area contributed by atoms with E-state index in [4.69, 9.17) is 17.3 Å². The van der Waals surface area contributed by atoms with Gasteiger partial charge in [0.15, 0.2) is 11.6 Å². The van der Waals surface area contributed by atoms with Crippen molar-refractivity contribution < 1.29 is 0 Å². The third-order valence-corrected chi connectivity index (χ3v) is 4.70. The summed E-state index contributed by atoms with van der Waals surface area (Å²) in [5.74, 6) is 1.01. The highest BCUT2D eigenvalue weighted by Crippen LogP contribution is 2.32. The highest BCUT2D eigenvalue weighted by molar-refractivity contribution is 6.31. The van der Waals surface area contributed by atoms with Gasteiger partial charge in [-0.3, -0.25) is 4.98 Å². The van der Waals surface area contributed by atoms with E-state index in [-0.39, 0.29) is 0 Å². The second-order valence-corrected chi connectivity index (χ2v) is 6.43. The summed E-state index contributed by atoms with van der Waals surface area (Å²) in [6.07, 6.45) is 3.21. The number of pyridine rings is 1. The molecule has 0 saturated carbocycles. The molecule has 6 nitrogen and oxygen atoms in total. The van der Waals surface area contributed by atoms with Crippen LogP contribution in [0.5, 0.6) is 0 Å². The third-order valence-electron chi connectivity index (χ3n) is 4.29. The monoisotopic (exact) mass is 376 g/mol. The van der Waals surface area contributed by atoms with Gasteiger partial charge in [-0.1, -0.05) is 35.9 Å². The van der Waals surface area contributed by atoms with Crippen LogP contribution < -0.4 is 16.4 Å². The molecule has 4 N–H and O–H groups in total. The molecule has 0 bridgehead atoms. The Morgan fingerprint density at radius 2 is 1.52 bits per heavy atom. The molecule has 0 aliphatic rings. The molecule has 0 fully saturated rings. The Kier molecular flexibility index (Phi) is 4.48. The largest absolute Gasteiger partial charge is 0.393 e. The molecule has 4 rings (SSSR count). The summed E-state index contributed by atoms with van der Waals surface area (Å²) < 4.78 is 0. The number of hydrogen-bond donors (Lipinski definition) is 3. The van der Waals surface area contributed by atoms with Crippen LogP contribution in [0, 0.1) is 6.92 Å². The predicted octanol–water partition coefficient (Wildman–Crippen LogP) is 5.06. The molecule has 0 aliphatic heterocycles. The Hall–Kier alpha value is -3.38. The fraction of sp³-hybridized carbons (Fsp3) is 0.0500. The molecule has 2 aromatic carbocycles. The van der Waals surface area contributed by atoms with Gasteiger partial charge in [-0.05, 0) is 36.8 Å². The number of rotatable bonds is 4. The van der Waals surface area contributed by atoms with Gasteiger partial charge in [0.25, 0.3) is 0 Å². The number of nitrogen functional groups attached to an aromatic ring is 1. The zero-order valence-electron chi connectivity index (χ0n) is 14.6. The minimum Gasteiger partial charge on any atom is -0.393 e. The van der Waals surface area contributed by atoms with E-state index in [1.54, 1.807) is 6.20 Å². The van der Waals surface area contributed by atoms with Crippen LogP contribution in [-0.2, 0) is 0 Å². The van der Waals surface area contributed by atoms with Crippen molar-refractivity contribution in [2.75, 3.05) is 16.4 Å². The Morgan fingerprint density at radius 1 is 0.852 bits per heavy atom. The highest BCUT2D eigenvalue weighted by atomic mass is 35.5. The van der Waals surface area contributed by atoms with E-state index in [0.717, 1.165) is 27.8 Å². The molecule has 2 aromatic heterocycles. The van der Waals surface area contributed by atoms with Crippen molar-refractivity contribution in [1.82, 2.24) is 15.0 Å². The Bertz CT molecular complexity index is 1120. The number of nitrogens with zero attached hydrogens (tertiary/aromatic N) is 3. The molecule has 0 radical (unpaired) electrons. The van der Waals surface area contributed by atoms with E-state index < -0.39 is 0 Å². The number of hydrogen-bond acceptors (Lipinski definition) is 6. The van der Waals surface area contributed by atoms with Gasteiger partial charge in [0.1, 0.15) is 12.0 Å². The Labute approximate surface area is 161 Å². The van der Waals surface area contributed by atoms with Gasteiger partial charge in [-0.15, -0.1) is 0 Å². The first-order chi connectivity index (χ1) is 13.1. The summed E-state index contributed by atoms with van der Waals surface area (Å²) in [5, 5.41) is 8.20. The summed E-state index contributed by atoms with van der Waals surface area (Å²) in [6.45, 7) is 1.93. The van der Waals surface area contributed by atoms with Crippen molar-refractivity contribution >= 4 is 51.2 Å². The lowest BCUT2D eigenvalue weighted by molar-refractivity contribution is 1.17. The van der Waals surface area contributed by atoms with Crippen molar-refractivity contribution in [2.45, 2.75) is 6.92 Å². The van der Waals surface area contributed by atoms with E-state index in [0.29, 0.717) is 22.3 Å². The molecular weight excluding hydrogens is 360 g/mol. The Morgan fingerprint density at radius 3 is 2.33 bits per heavy atom. The molecule has 0 unspecified atom stereocenters. The molecule has 134 valence electrons. The minimum atomic E-state index is 0.407. The van der Waals surface area contributed by atoms with Gasteiger partial charge < -0.3 is 16.4 Å². The molecule has 0 amide bonds. The standard InChI is InChI=1S/C20H17ClN6/c1-12-14(21)7-3-8-15(12)26-19-17(22)20(25-11-24-19)27-16-9-2-5-13-6-4-10-23-18(13)16/h2-11H,22H2,1H3,(H2,24,25,26,27). The maximum Gasteiger partial charge on any atom is 0.159 e. The van der Waals surface area contributed by atoms with Crippen molar-refractivity contribution in [3.8, 4) is 0 Å². The van der Waals surface area contributed by atoms with Crippen LogP contribution in [0.25, 0.3) is 10.9 Å². The molecule has 0 saturated heterocycles. The zero-order chi connectivity index (χ0) is 18.8. The number of aromatic nitrogens is 3. The van der Waals surface area contributed by atoms with E-state index in [1.807, 2.05) is 55.5 Å². The minimum absolute atomic E-state index is 0.407. The SMILES string of the molecule is Cc1c(Cl)cccc1Nc1ncnc(Nc2cccc3cccnc23)c1N. The first-order valence-electron chi connectivity index (χ1n) is 8.37. The number of halogens is 1. The summed E-state index contributed by atoms with van der Waals surface area (Å²) in [4.78, 5) is 13.0. The van der Waals surface area contributed by atoms with Crippen molar-refractivity contribution in [1.29, 1.82) is 0 Å². The Balaban J connectivity index is 1.69. The van der Waals surface area contributed by atoms with Gasteiger partial charge in [0.05, 0.1) is 11.2 Å². The molecule has 2 heterocycles. The lowest BCUT2D eigenvalue weighted by atomic mass is 10.2. The number of nitrogens with one attached hydrogen (secondary N) is 2. The summed E-state index contributed by atoms with van der Waals surface area (Å²) in [5.41, 5.74) is 10.1. The smallest absolute Gasteiger partial charge is 0.159 e. The van der Waals surface area contributed by atoms with E-state index in [9.17, 15) is 0 Å². The fourth-order valence-electron chi connectivity index (χ4n) is 2.80. The van der Waals surface area contributed by atoms with Gasteiger partial charge in [0, 0.05) is 22.3 Å². The summed E-state index contributed by atoms with van der Waals surface area (Å²) in [6, 6.07) is 15.4. The average molecular weight is 377 g/mol. The number of anilines is 5. The molecular formula is C20H17ClN6. The first kappa shape index (κ1) is 17.1. The number of nitrogens with two attached hydrogens (primary N) is 1. The van der Waals surface area contributed by atoms with Crippen molar-refractivity contribution in [3.63, 3.8) is 0 Å². The van der Waals surface area contributed by atoms with Gasteiger partial charge >= 0.3 is 0 Å². The average Bonchev–Trinajstić information content (AvgIpc) is 2.69. The molecule has 0 atom stereocenters. The zero-order valence-corrected chi connectivity index (χ0v) is 15.3. The third kappa shape index (κ3) is 3.35. The molecule has 0 aliphatic carbocycles. The second kappa shape index (κ2) is 7.09. The van der Waals surface area contributed by atoms with E-state index in [1.165, 1.54) is 6.33 Å². The normalized spacial score (nSPS) is 10.7. The van der Waals surface area contributed by atoms with Crippen molar-refractivity contribution in [2.24, 2.45) is 0 Å². The second-order valence-electron chi connectivity index (χ2n) is 6.03. The van der Waals surface area contributed by atoms with Gasteiger partial charge in [-0.25, -0.2) is 9.97 Å².